The van der Waals surface area contributed by atoms with Gasteiger partial charge in [-0.15, -0.1) is 0 Å². The molecule has 0 bridgehead atoms. The number of amides is 1. The van der Waals surface area contributed by atoms with Crippen LogP contribution >= 0.6 is 0 Å². The van der Waals surface area contributed by atoms with Crippen LogP contribution in [0.1, 0.15) is 24.8 Å². The molecule has 0 spiro atoms. The van der Waals surface area contributed by atoms with E-state index in [9.17, 15) is 4.79 Å². The lowest BCUT2D eigenvalue weighted by atomic mass is 9.93. The molecule has 4 rings (SSSR count). The summed E-state index contributed by atoms with van der Waals surface area (Å²) in [4.78, 5) is 28.1. The molecule has 1 saturated heterocycles. The molecule has 1 unspecified atom stereocenters. The summed E-state index contributed by atoms with van der Waals surface area (Å²) in [6.07, 6.45) is 10.7. The maximum atomic E-state index is 12.8. The van der Waals surface area contributed by atoms with E-state index in [1.54, 1.807) is 20.4 Å². The highest BCUT2D eigenvalue weighted by Crippen LogP contribution is 2.29. The number of piperidine rings is 1. The number of carbonyl (C=O) groups excluding carboxylic acids is 1. The molecule has 0 saturated carbocycles. The molecular weight excluding hydrogens is 368 g/mol. The summed E-state index contributed by atoms with van der Waals surface area (Å²) in [7, 11) is 3.23. The minimum absolute atomic E-state index is 0.218. The highest BCUT2D eigenvalue weighted by atomic mass is 16.5. The number of rotatable bonds is 4. The number of ether oxygens (including phenoxy) is 2. The predicted molar refractivity (Wildman–Crippen MR) is 114 cm³/mol. The van der Waals surface area contributed by atoms with Gasteiger partial charge in [-0.25, -0.2) is 4.99 Å². The van der Waals surface area contributed by atoms with Crippen molar-refractivity contribution in [2.45, 2.75) is 19.3 Å². The lowest BCUT2D eigenvalue weighted by molar-refractivity contribution is -0.118. The van der Waals surface area contributed by atoms with E-state index < -0.39 is 5.92 Å². The van der Waals surface area contributed by atoms with Gasteiger partial charge in [0.2, 0.25) is 5.96 Å². The first-order valence-electron chi connectivity index (χ1n) is 9.80. The van der Waals surface area contributed by atoms with Crippen molar-refractivity contribution >= 4 is 30.0 Å². The van der Waals surface area contributed by atoms with Crippen molar-refractivity contribution in [1.29, 1.82) is 0 Å². The van der Waals surface area contributed by atoms with Crippen molar-refractivity contribution in [2.24, 2.45) is 20.9 Å². The maximum Gasteiger partial charge on any atom is 0.264 e. The molecule has 3 heterocycles. The van der Waals surface area contributed by atoms with Gasteiger partial charge in [-0.1, -0.05) is 12.2 Å². The molecule has 1 atom stereocenters. The molecular formula is C22H24N4O3. The summed E-state index contributed by atoms with van der Waals surface area (Å²) in [6.45, 7) is 1.77. The number of amidine groups is 1. The molecule has 3 aliphatic heterocycles. The van der Waals surface area contributed by atoms with Crippen molar-refractivity contribution in [3.63, 3.8) is 0 Å². The smallest absolute Gasteiger partial charge is 0.264 e. The average molecular weight is 392 g/mol. The van der Waals surface area contributed by atoms with Crippen LogP contribution in [0.15, 0.2) is 50.9 Å². The van der Waals surface area contributed by atoms with Crippen molar-refractivity contribution in [3.05, 3.63) is 41.5 Å². The van der Waals surface area contributed by atoms with Gasteiger partial charge in [-0.3, -0.25) is 4.79 Å². The van der Waals surface area contributed by atoms with Crippen molar-refractivity contribution in [1.82, 2.24) is 4.90 Å². The average Bonchev–Trinajstić information content (AvgIpc) is 2.77. The quantitative estimate of drug-likeness (QED) is 0.789. The third-order valence-electron chi connectivity index (χ3n) is 5.27. The van der Waals surface area contributed by atoms with E-state index >= 15 is 0 Å². The van der Waals surface area contributed by atoms with E-state index in [1.165, 1.54) is 6.42 Å². The second-order valence-electron chi connectivity index (χ2n) is 7.09. The van der Waals surface area contributed by atoms with Crippen LogP contribution in [-0.4, -0.2) is 56.1 Å². The number of carbonyl (C=O) groups is 1. The van der Waals surface area contributed by atoms with E-state index in [4.69, 9.17) is 9.47 Å². The number of hydrogen-bond acceptors (Lipinski definition) is 6. The predicted octanol–water partition coefficient (Wildman–Crippen LogP) is 3.12. The summed E-state index contributed by atoms with van der Waals surface area (Å²) in [5.41, 5.74) is 1.69. The largest absolute Gasteiger partial charge is 0.497 e. The maximum absolute atomic E-state index is 12.8. The van der Waals surface area contributed by atoms with Gasteiger partial charge in [0.1, 0.15) is 23.3 Å². The Labute approximate surface area is 170 Å². The lowest BCUT2D eigenvalue weighted by Crippen LogP contribution is -2.40. The van der Waals surface area contributed by atoms with Crippen LogP contribution in [0.3, 0.4) is 0 Å². The van der Waals surface area contributed by atoms with E-state index in [0.717, 1.165) is 42.8 Å². The zero-order valence-corrected chi connectivity index (χ0v) is 16.7. The monoisotopic (exact) mass is 392 g/mol. The Morgan fingerprint density at radius 1 is 1.07 bits per heavy atom. The van der Waals surface area contributed by atoms with Gasteiger partial charge in [-0.05, 0) is 43.0 Å². The number of likely N-dealkylation sites (tertiary alicyclic amines) is 1. The Kier molecular flexibility index (Phi) is 5.55. The van der Waals surface area contributed by atoms with Crippen molar-refractivity contribution in [2.75, 3.05) is 27.3 Å². The van der Waals surface area contributed by atoms with Crippen LogP contribution in [0, 0.1) is 5.92 Å². The molecule has 0 radical (unpaired) electrons. The summed E-state index contributed by atoms with van der Waals surface area (Å²) >= 11 is 0. The van der Waals surface area contributed by atoms with Gasteiger partial charge in [0.15, 0.2) is 0 Å². The molecule has 1 amide bonds. The molecule has 1 fully saturated rings. The highest BCUT2D eigenvalue weighted by molar-refractivity contribution is 6.20. The summed E-state index contributed by atoms with van der Waals surface area (Å²) in [6, 6.07) is 5.60. The minimum atomic E-state index is -0.561. The Morgan fingerprint density at radius 3 is 2.66 bits per heavy atom. The molecule has 3 aliphatic rings. The molecule has 0 N–H and O–H groups in total. The Bertz CT molecular complexity index is 953. The van der Waals surface area contributed by atoms with E-state index in [1.807, 2.05) is 36.4 Å². The van der Waals surface area contributed by atoms with Crippen LogP contribution in [0.5, 0.6) is 11.5 Å². The van der Waals surface area contributed by atoms with Crippen LogP contribution in [0.25, 0.3) is 6.08 Å². The normalized spacial score (nSPS) is 21.4. The standard InChI is InChI=1S/C22H24N4O3/c1-28-17-9-8-15(18(14-17)29-2)6-7-16-10-11-23-20-19(16)21(27)25-22(24-20)26-12-4-3-5-13-26/h6-11,14,19H,3-5,12-13H2,1-2H3/b7-6+. The molecule has 1 aromatic carbocycles. The van der Waals surface area contributed by atoms with Crippen LogP contribution in [0.2, 0.25) is 0 Å². The molecule has 150 valence electrons. The van der Waals surface area contributed by atoms with E-state index in [-0.39, 0.29) is 5.91 Å². The van der Waals surface area contributed by atoms with E-state index in [2.05, 4.69) is 19.9 Å². The zero-order chi connectivity index (χ0) is 20.2. The van der Waals surface area contributed by atoms with Gasteiger partial charge >= 0.3 is 0 Å². The molecule has 0 aromatic heterocycles. The SMILES string of the molecule is COc1ccc(/C=C/C2=CC=NC3=NC(N4CCCCC4)=NC(=O)C23)c(OC)c1. The molecule has 0 aliphatic carbocycles. The van der Waals surface area contributed by atoms with Gasteiger partial charge in [0.25, 0.3) is 5.91 Å². The number of guanidine groups is 1. The highest BCUT2D eigenvalue weighted by Gasteiger charge is 2.34. The first kappa shape index (κ1) is 19.1. The number of benzene rings is 1. The fourth-order valence-corrected chi connectivity index (χ4v) is 3.69. The number of fused-ring (bicyclic) bond motifs is 1. The number of dihydropyridines is 1. The first-order valence-corrected chi connectivity index (χ1v) is 9.80. The second-order valence-corrected chi connectivity index (χ2v) is 7.09. The van der Waals surface area contributed by atoms with Gasteiger partial charge in [0, 0.05) is 30.9 Å². The van der Waals surface area contributed by atoms with Gasteiger partial charge in [0.05, 0.1) is 14.2 Å². The Balaban J connectivity index is 1.57. The number of hydrogen-bond donors (Lipinski definition) is 0. The van der Waals surface area contributed by atoms with Crippen molar-refractivity contribution < 1.29 is 14.3 Å². The molecule has 29 heavy (non-hydrogen) atoms. The van der Waals surface area contributed by atoms with Crippen LogP contribution < -0.4 is 9.47 Å². The lowest BCUT2D eigenvalue weighted by Gasteiger charge is -2.30. The van der Waals surface area contributed by atoms with Crippen molar-refractivity contribution in [3.8, 4) is 11.5 Å². The summed E-state index contributed by atoms with van der Waals surface area (Å²) in [5.74, 6) is 1.65. The summed E-state index contributed by atoms with van der Waals surface area (Å²) < 4.78 is 10.7. The number of allylic oxidation sites excluding steroid dienone is 2. The summed E-state index contributed by atoms with van der Waals surface area (Å²) in [5, 5.41) is 0. The number of methoxy groups -OCH3 is 2. The second kappa shape index (κ2) is 8.43. The fourth-order valence-electron chi connectivity index (χ4n) is 3.69. The molecule has 7 nitrogen and oxygen atoms in total. The van der Waals surface area contributed by atoms with E-state index in [0.29, 0.717) is 17.5 Å². The topological polar surface area (TPSA) is 75.9 Å². The molecule has 1 aromatic rings. The Morgan fingerprint density at radius 2 is 1.90 bits per heavy atom. The van der Waals surface area contributed by atoms with Crippen LogP contribution in [0.4, 0.5) is 0 Å². The number of aliphatic imine (C=N–C) groups is 3. The first-order chi connectivity index (χ1) is 14.2. The Hall–Kier alpha value is -3.22. The number of nitrogens with zero attached hydrogens (tertiary/aromatic N) is 4. The fraction of sp³-hybridized carbons (Fsp3) is 0.364. The van der Waals surface area contributed by atoms with Crippen LogP contribution in [-0.2, 0) is 4.79 Å². The third kappa shape index (κ3) is 3.99. The molecule has 7 heteroatoms. The van der Waals surface area contributed by atoms with Gasteiger partial charge < -0.3 is 14.4 Å². The zero-order valence-electron chi connectivity index (χ0n) is 16.7. The third-order valence-corrected chi connectivity index (χ3v) is 5.27. The minimum Gasteiger partial charge on any atom is -0.497 e. The van der Waals surface area contributed by atoms with Gasteiger partial charge in [-0.2, -0.15) is 9.98 Å².